The van der Waals surface area contributed by atoms with Crippen molar-refractivity contribution in [3.8, 4) is 0 Å². The van der Waals surface area contributed by atoms with Crippen molar-refractivity contribution in [1.29, 1.82) is 0 Å². The first kappa shape index (κ1) is 21.2. The molecule has 7 nitrogen and oxygen atoms in total. The van der Waals surface area contributed by atoms with Gasteiger partial charge in [-0.3, -0.25) is 0 Å². The number of nitrogens with two attached hydrogens (primary N) is 1. The predicted octanol–water partition coefficient (Wildman–Crippen LogP) is 11.5. The molecule has 59 heavy (non-hydrogen) atoms. The van der Waals surface area contributed by atoms with E-state index in [0.29, 0.717) is 16.6 Å². The standard InChI is InChI=1S/C19H31B.C12H21NO2.C7H15NO.C5H5F3O2.C5H8/c1-10-14-6-12(18(14,3)4)7-15(10)19(5)13-8-16(19)11(2)17(20)9-13;1-9-5-7-10(8-6-9)13-11(14)15-12(2,3)4;1-5-2-3-6(8)4-7(5)9;1-2-4(9)10-3-5(6,7)8;1-4-5(2)3/h10-17H,6-9H2,1-5H3;5,10H,6-8H2,1-4H3,(H,13,14);5-7,9H,2-4,8H2,1H3;2H,1,3H2;4H,1-2H2,3H3/t10-,11-,12+,13+,14-,15-,16-,17-,19?;10-;5-,6-,7-;;/m001../s1/i;1D3,5D,6D2,7D2,8D2,10D;1D3,2D2,3D2,4D2,6D,7D;1D2,2D;1D2,2D2,3D3,4D. The van der Waals surface area contributed by atoms with Gasteiger partial charge in [0, 0.05) is 48.2 Å². The molecule has 2 radical (unpaired) electrons. The van der Waals surface area contributed by atoms with Crippen LogP contribution < -0.4 is 11.1 Å². The Morgan fingerprint density at radius 1 is 1.10 bits per heavy atom. The molecule has 0 aliphatic heterocycles. The zero-order valence-corrected chi connectivity index (χ0v) is 34.6. The van der Waals surface area contributed by atoms with Crippen LogP contribution in [0.1, 0.15) is 185 Å². The number of alkyl halides is 3. The number of carbonyl (C=O) groups excluding carboxylic acids is 2. The lowest BCUT2D eigenvalue weighted by atomic mass is 9.32. The van der Waals surface area contributed by atoms with Gasteiger partial charge in [-0.25, -0.2) is 9.59 Å². The van der Waals surface area contributed by atoms with Crippen molar-refractivity contribution in [3.05, 3.63) is 48.9 Å². The van der Waals surface area contributed by atoms with Crippen molar-refractivity contribution in [2.45, 2.75) is 176 Å². The third-order valence-corrected chi connectivity index (χ3v) is 12.0. The van der Waals surface area contributed by atoms with Crippen LogP contribution in [0.15, 0.2) is 48.9 Å². The van der Waals surface area contributed by atoms with E-state index in [1.165, 1.54) is 46.5 Å². The van der Waals surface area contributed by atoms with Crippen LogP contribution in [0.2, 0.25) is 5.82 Å². The molecule has 0 aromatic heterocycles. The predicted molar refractivity (Wildman–Crippen MR) is 236 cm³/mol. The van der Waals surface area contributed by atoms with Gasteiger partial charge in [-0.05, 0) is 150 Å². The lowest BCUT2D eigenvalue weighted by Crippen LogP contribution is -2.65. The van der Waals surface area contributed by atoms with Gasteiger partial charge in [0.15, 0.2) is 6.61 Å². The third kappa shape index (κ3) is 15.4. The summed E-state index contributed by atoms with van der Waals surface area (Å²) in [6.45, 7) is 2.58. The Morgan fingerprint density at radius 2 is 1.76 bits per heavy atom. The second-order valence-corrected chi connectivity index (χ2v) is 17.0. The summed E-state index contributed by atoms with van der Waals surface area (Å²) in [6, 6.07) is -10.2. The summed E-state index contributed by atoms with van der Waals surface area (Å²) in [5, 5.41) is 11.6. The summed E-state index contributed by atoms with van der Waals surface area (Å²) in [4.78, 5) is 22.4. The van der Waals surface area contributed by atoms with E-state index < -0.39 is 162 Å². The van der Waals surface area contributed by atoms with E-state index in [9.17, 15) is 27.9 Å². The maximum absolute atomic E-state index is 12.0. The maximum atomic E-state index is 12.0. The number of alkyl carbamates (subject to hydrolysis) is 1. The Labute approximate surface area is 403 Å². The fraction of sp³-hybridized carbons (Fsp3) is 0.792. The number of nitrogens with one attached hydrogen (secondary N) is 1. The van der Waals surface area contributed by atoms with Crippen LogP contribution in [0.5, 0.6) is 0 Å². The second-order valence-electron chi connectivity index (χ2n) is 17.0. The number of ether oxygens (including phenoxy) is 2. The molecule has 0 aromatic rings. The first-order chi connectivity index (χ1) is 40.2. The molecule has 0 spiro atoms. The quantitative estimate of drug-likeness (QED) is 0.0835. The van der Waals surface area contributed by atoms with Crippen LogP contribution >= 0.6 is 0 Å². The number of hydrogen-bond acceptors (Lipinski definition) is 6. The molecule has 4 N–H and O–H groups in total. The van der Waals surface area contributed by atoms with E-state index in [-0.39, 0.29) is 0 Å². The maximum Gasteiger partial charge on any atom is 0.422 e. The molecule has 336 valence electrons. The Kier molecular flexibility index (Phi) is 7.92. The summed E-state index contributed by atoms with van der Waals surface area (Å²) < 4.78 is 285. The number of allylic oxidation sites excluding steroid dienone is 3. The topological polar surface area (TPSA) is 111 Å². The zero-order valence-electron chi connectivity index (χ0n) is 67.6. The summed E-state index contributed by atoms with van der Waals surface area (Å²) >= 11 is 0. The van der Waals surface area contributed by atoms with E-state index in [0.717, 1.165) is 41.4 Å². The number of amides is 1. The molecule has 1 unspecified atom stereocenters. The van der Waals surface area contributed by atoms with Crippen molar-refractivity contribution in [2.75, 3.05) is 6.61 Å². The highest BCUT2D eigenvalue weighted by molar-refractivity contribution is 6.12. The van der Waals surface area contributed by atoms with E-state index in [4.69, 9.17) is 63.6 Å². The van der Waals surface area contributed by atoms with Crippen LogP contribution in [0, 0.1) is 58.2 Å². The van der Waals surface area contributed by atoms with Gasteiger partial charge >= 0.3 is 18.2 Å². The van der Waals surface area contributed by atoms with Gasteiger partial charge in [0.1, 0.15) is 5.60 Å². The van der Waals surface area contributed by atoms with Crippen molar-refractivity contribution in [1.82, 2.24) is 5.32 Å². The number of fused-ring (bicyclic) bond motifs is 5. The SMILES string of the molecule is [2H]C([2H])([2H])[C@@H]1C([2H])([2H])C([2H])([2H])[C@@]([2H])(N)C([2H])([2H])[C@@]1([2H])O.[2H]C([2H])=C([2H])C(=C([2H])[2H])C([2H])([2H])[2H].[2H]C([2H])=C([2H])C(=O)OCC(F)(F)F.[2H]C1=C(C([2H])([2H])[2H])C([2H])([2H])C([2H])([2H])[C@@]([2H])(NC(=O)OC(C)(C)C)C1([2H])[2H].[B][C@H]1C[C@H]2C[C@@H]([C@@H]1C)C2(C)[C@H]1C[C@H]2C[C@@H]([C@@H]1C)C2(C)C. The molecule has 8 aliphatic carbocycles. The summed E-state index contributed by atoms with van der Waals surface area (Å²) in [5.74, 6) is 2.68. The van der Waals surface area contributed by atoms with Gasteiger partial charge in [-0.2, -0.15) is 13.2 Å². The van der Waals surface area contributed by atoms with Gasteiger partial charge in [-0.1, -0.05) is 96.6 Å². The van der Waals surface area contributed by atoms with Gasteiger partial charge < -0.3 is 25.6 Å². The average Bonchev–Trinajstić information content (AvgIpc) is 0.702. The second kappa shape index (κ2) is 22.0. The Morgan fingerprint density at radius 3 is 2.29 bits per heavy atom. The van der Waals surface area contributed by atoms with E-state index in [1.54, 1.807) is 5.32 Å². The Balaban J connectivity index is 0.000000401. The summed E-state index contributed by atoms with van der Waals surface area (Å²) in [7, 11) is 6.36. The van der Waals surface area contributed by atoms with E-state index >= 15 is 0 Å². The third-order valence-electron chi connectivity index (χ3n) is 12.0. The lowest BCUT2D eigenvalue weighted by Gasteiger charge is -2.72. The van der Waals surface area contributed by atoms with Gasteiger partial charge in [0.05, 0.1) is 29.0 Å². The highest BCUT2D eigenvalue weighted by atomic mass is 19.4. The highest BCUT2D eigenvalue weighted by Gasteiger charge is 2.66. The van der Waals surface area contributed by atoms with Gasteiger partial charge in [-0.15, -0.1) is 0 Å². The van der Waals surface area contributed by atoms with E-state index in [1.807, 2.05) is 0 Å². The molecular formula is C48H80BF3N2O5. The lowest BCUT2D eigenvalue weighted by molar-refractivity contribution is -0.227. The fourth-order valence-electron chi connectivity index (χ4n) is 8.90. The first-order valence-electron chi connectivity index (χ1n) is 35.4. The monoisotopic (exact) mass is 866 g/mol. The van der Waals surface area contributed by atoms with Crippen molar-refractivity contribution in [2.24, 2.45) is 63.9 Å². The molecule has 11 heteroatoms. The normalized spacial score (nSPS) is 53.8. The molecule has 8 aliphatic rings. The number of aliphatic hydroxyl groups is 1. The molecule has 7 saturated carbocycles. The van der Waals surface area contributed by atoms with Crippen LogP contribution in [0.4, 0.5) is 18.0 Å². The van der Waals surface area contributed by atoms with E-state index in [2.05, 4.69) is 39.4 Å². The van der Waals surface area contributed by atoms with Crippen LogP contribution in [-0.4, -0.2) is 61.5 Å². The molecule has 1 amide bonds. The minimum absolute atomic E-state index is 0.483. The number of halogens is 3. The van der Waals surface area contributed by atoms with Crippen molar-refractivity contribution in [3.63, 3.8) is 0 Å². The molecule has 0 saturated heterocycles. The minimum Gasteiger partial charge on any atom is -0.453 e. The molecular weight excluding hydrogens is 752 g/mol. The van der Waals surface area contributed by atoms with Crippen molar-refractivity contribution >= 4 is 19.9 Å². The number of rotatable bonds is 5. The molecule has 8 rings (SSSR count). The minimum atomic E-state index is -4.67. The molecule has 7 fully saturated rings. The molecule has 4 bridgehead atoms. The molecule has 13 atom stereocenters. The average molecular weight is 866 g/mol. The first-order valence-corrected chi connectivity index (χ1v) is 18.9. The number of esters is 1. The Hall–Kier alpha value is -2.53. The summed E-state index contributed by atoms with van der Waals surface area (Å²) in [5.41, 5.74) is 3.14. The highest BCUT2D eigenvalue weighted by Crippen LogP contribution is 2.74. The smallest absolute Gasteiger partial charge is 0.422 e. The largest absolute Gasteiger partial charge is 0.453 e. The number of carbonyl (C=O) groups is 2. The van der Waals surface area contributed by atoms with Crippen molar-refractivity contribution < 1.29 is 82.6 Å². The van der Waals surface area contributed by atoms with Crippen LogP contribution in [0.3, 0.4) is 0 Å². The van der Waals surface area contributed by atoms with Crippen LogP contribution in [-0.2, 0) is 14.3 Å². The van der Waals surface area contributed by atoms with Crippen LogP contribution in [0.25, 0.3) is 0 Å². The molecule has 0 aromatic carbocycles. The van der Waals surface area contributed by atoms with Gasteiger partial charge in [0.2, 0.25) is 0 Å². The Bertz CT molecular complexity index is 2800. The zero-order chi connectivity index (χ0) is 73.6. The number of hydrogen-bond donors (Lipinski definition) is 3. The van der Waals surface area contributed by atoms with Gasteiger partial charge in [0.25, 0.3) is 0 Å². The summed E-state index contributed by atoms with van der Waals surface area (Å²) in [6.07, 6.45) is -24.6. The molecule has 0 heterocycles. The fourth-order valence-corrected chi connectivity index (χ4v) is 8.90.